The number of carbonyl (C=O) groups is 1. The third-order valence-electron chi connectivity index (χ3n) is 3.33. The molecular weight excluding hydrogens is 276 g/mol. The van der Waals surface area contributed by atoms with Crippen LogP contribution in [0.1, 0.15) is 17.4 Å². The van der Waals surface area contributed by atoms with Gasteiger partial charge < -0.3 is 4.90 Å². The Labute approximate surface area is 128 Å². The fourth-order valence-electron chi connectivity index (χ4n) is 2.24. The van der Waals surface area contributed by atoms with Crippen molar-refractivity contribution in [2.45, 2.75) is 6.92 Å². The quantitative estimate of drug-likeness (QED) is 0.743. The largest absolute Gasteiger partial charge is 0.307 e. The first-order chi connectivity index (χ1) is 10.8. The van der Waals surface area contributed by atoms with Crippen LogP contribution >= 0.6 is 0 Å². The molecule has 0 spiro atoms. The average molecular weight is 292 g/mol. The summed E-state index contributed by atoms with van der Waals surface area (Å²) in [5.41, 5.74) is 2.00. The Morgan fingerprint density at radius 1 is 1.05 bits per heavy atom. The Bertz CT molecular complexity index is 753. The van der Waals surface area contributed by atoms with Crippen molar-refractivity contribution in [2.24, 2.45) is 0 Å². The molecule has 0 atom stereocenters. The van der Waals surface area contributed by atoms with E-state index < -0.39 is 0 Å². The predicted molar refractivity (Wildman–Crippen MR) is 85.2 cm³/mol. The van der Waals surface area contributed by atoms with Gasteiger partial charge in [0, 0.05) is 12.2 Å². The summed E-state index contributed by atoms with van der Waals surface area (Å²) in [5.74, 6) is -0.157. The molecule has 0 bridgehead atoms. The van der Waals surface area contributed by atoms with Gasteiger partial charge in [0.1, 0.15) is 0 Å². The molecule has 0 aliphatic rings. The van der Waals surface area contributed by atoms with Gasteiger partial charge in [0.05, 0.1) is 11.9 Å². The minimum absolute atomic E-state index is 0.157. The second-order valence-electron chi connectivity index (χ2n) is 4.74. The number of rotatable bonds is 4. The van der Waals surface area contributed by atoms with Gasteiger partial charge in [0.2, 0.25) is 0 Å². The molecule has 5 nitrogen and oxygen atoms in total. The van der Waals surface area contributed by atoms with E-state index in [2.05, 4.69) is 10.2 Å². The highest BCUT2D eigenvalue weighted by Crippen LogP contribution is 2.15. The Hall–Kier alpha value is -2.95. The molecule has 3 rings (SSSR count). The minimum atomic E-state index is -0.157. The van der Waals surface area contributed by atoms with Crippen LogP contribution in [0.3, 0.4) is 0 Å². The lowest BCUT2D eigenvalue weighted by Gasteiger charge is -2.19. The van der Waals surface area contributed by atoms with Crippen molar-refractivity contribution in [1.29, 1.82) is 0 Å². The summed E-state index contributed by atoms with van der Waals surface area (Å²) in [4.78, 5) is 15.8. The summed E-state index contributed by atoms with van der Waals surface area (Å²) in [6, 6.07) is 19.1. The van der Waals surface area contributed by atoms with Gasteiger partial charge in [-0.2, -0.15) is 9.90 Å². The van der Waals surface area contributed by atoms with Crippen molar-refractivity contribution in [1.82, 2.24) is 15.0 Å². The molecule has 0 fully saturated rings. The minimum Gasteiger partial charge on any atom is -0.307 e. The van der Waals surface area contributed by atoms with E-state index in [0.29, 0.717) is 12.2 Å². The summed E-state index contributed by atoms with van der Waals surface area (Å²) in [6.07, 6.45) is 1.50. The molecule has 0 radical (unpaired) electrons. The van der Waals surface area contributed by atoms with Crippen LogP contribution in [-0.4, -0.2) is 27.4 Å². The molecule has 3 aromatic rings. The van der Waals surface area contributed by atoms with Crippen molar-refractivity contribution in [3.63, 3.8) is 0 Å². The molecule has 1 heterocycles. The van der Waals surface area contributed by atoms with Gasteiger partial charge in [-0.05, 0) is 31.2 Å². The Kier molecular flexibility index (Phi) is 3.96. The van der Waals surface area contributed by atoms with Crippen LogP contribution < -0.4 is 4.90 Å². The van der Waals surface area contributed by atoms with Crippen molar-refractivity contribution >= 4 is 11.6 Å². The number of benzene rings is 2. The summed E-state index contributed by atoms with van der Waals surface area (Å²) < 4.78 is 0. The van der Waals surface area contributed by atoms with E-state index in [-0.39, 0.29) is 5.91 Å². The van der Waals surface area contributed by atoms with E-state index in [1.54, 1.807) is 4.90 Å². The van der Waals surface area contributed by atoms with E-state index in [1.165, 1.54) is 11.0 Å². The number of nitrogens with zero attached hydrogens (tertiary/aromatic N) is 4. The number of carbonyl (C=O) groups excluding carboxylic acids is 1. The molecule has 0 saturated carbocycles. The topological polar surface area (TPSA) is 51.0 Å². The highest BCUT2D eigenvalue weighted by atomic mass is 16.2. The Balaban J connectivity index is 1.88. The lowest BCUT2D eigenvalue weighted by Crippen LogP contribution is -2.31. The lowest BCUT2D eigenvalue weighted by molar-refractivity contribution is 0.0983. The zero-order valence-corrected chi connectivity index (χ0v) is 12.3. The molecule has 0 saturated heterocycles. The predicted octanol–water partition coefficient (Wildman–Crippen LogP) is 2.93. The molecule has 22 heavy (non-hydrogen) atoms. The summed E-state index contributed by atoms with van der Waals surface area (Å²) >= 11 is 0. The van der Waals surface area contributed by atoms with Crippen LogP contribution in [0, 0.1) is 0 Å². The van der Waals surface area contributed by atoms with E-state index in [0.717, 1.165) is 11.4 Å². The van der Waals surface area contributed by atoms with Crippen molar-refractivity contribution < 1.29 is 4.79 Å². The average Bonchev–Trinajstić information content (AvgIpc) is 3.07. The fourth-order valence-corrected chi connectivity index (χ4v) is 2.24. The van der Waals surface area contributed by atoms with Crippen LogP contribution in [0.5, 0.6) is 0 Å². The summed E-state index contributed by atoms with van der Waals surface area (Å²) in [7, 11) is 0. The molecule has 5 heteroatoms. The van der Waals surface area contributed by atoms with E-state index in [9.17, 15) is 4.79 Å². The molecule has 0 unspecified atom stereocenters. The van der Waals surface area contributed by atoms with Crippen LogP contribution in [0.4, 0.5) is 5.69 Å². The number of aromatic nitrogens is 3. The van der Waals surface area contributed by atoms with Gasteiger partial charge in [-0.1, -0.05) is 36.4 Å². The highest BCUT2D eigenvalue weighted by Gasteiger charge is 2.19. The van der Waals surface area contributed by atoms with Gasteiger partial charge in [0.15, 0.2) is 5.69 Å². The van der Waals surface area contributed by atoms with Crippen LogP contribution in [0.15, 0.2) is 66.9 Å². The number of hydrogen-bond donors (Lipinski definition) is 0. The van der Waals surface area contributed by atoms with Gasteiger partial charge >= 0.3 is 0 Å². The van der Waals surface area contributed by atoms with E-state index in [1.807, 2.05) is 67.6 Å². The van der Waals surface area contributed by atoms with E-state index >= 15 is 0 Å². The smallest absolute Gasteiger partial charge is 0.280 e. The maximum absolute atomic E-state index is 12.6. The third-order valence-corrected chi connectivity index (χ3v) is 3.33. The molecule has 110 valence electrons. The maximum Gasteiger partial charge on any atom is 0.280 e. The monoisotopic (exact) mass is 292 g/mol. The van der Waals surface area contributed by atoms with Crippen LogP contribution in [0.25, 0.3) is 5.69 Å². The van der Waals surface area contributed by atoms with Crippen LogP contribution in [0.2, 0.25) is 0 Å². The third kappa shape index (κ3) is 2.74. The molecule has 0 N–H and O–H groups in total. The molecule has 0 aliphatic carbocycles. The zero-order chi connectivity index (χ0) is 15.4. The molecule has 0 aliphatic heterocycles. The Morgan fingerprint density at radius 2 is 1.68 bits per heavy atom. The number of para-hydroxylation sites is 2. The number of hydrogen-bond acceptors (Lipinski definition) is 3. The van der Waals surface area contributed by atoms with Gasteiger partial charge in [-0.15, -0.1) is 5.10 Å². The molecular formula is C17H16N4O. The zero-order valence-electron chi connectivity index (χ0n) is 12.3. The standard InChI is InChI=1S/C17H16N4O/c1-2-20(14-9-5-3-6-10-14)17(22)16-13-18-21(19-16)15-11-7-4-8-12-15/h3-13H,2H2,1H3. The Morgan fingerprint density at radius 3 is 2.32 bits per heavy atom. The first kappa shape index (κ1) is 14.0. The fraction of sp³-hybridized carbons (Fsp3) is 0.118. The van der Waals surface area contributed by atoms with Crippen molar-refractivity contribution in [3.05, 3.63) is 72.6 Å². The second kappa shape index (κ2) is 6.22. The second-order valence-corrected chi connectivity index (χ2v) is 4.74. The van der Waals surface area contributed by atoms with Gasteiger partial charge in [-0.25, -0.2) is 0 Å². The molecule has 1 aromatic heterocycles. The number of anilines is 1. The normalized spacial score (nSPS) is 10.4. The first-order valence-electron chi connectivity index (χ1n) is 7.14. The van der Waals surface area contributed by atoms with Gasteiger partial charge in [-0.3, -0.25) is 4.79 Å². The number of amides is 1. The maximum atomic E-state index is 12.6. The molecule has 1 amide bonds. The SMILES string of the molecule is CCN(C(=O)c1cnn(-c2ccccc2)n1)c1ccccc1. The molecule has 2 aromatic carbocycles. The van der Waals surface area contributed by atoms with Gasteiger partial charge in [0.25, 0.3) is 5.91 Å². The lowest BCUT2D eigenvalue weighted by atomic mass is 10.2. The van der Waals surface area contributed by atoms with Crippen molar-refractivity contribution in [2.75, 3.05) is 11.4 Å². The van der Waals surface area contributed by atoms with Crippen LogP contribution in [-0.2, 0) is 0 Å². The summed E-state index contributed by atoms with van der Waals surface area (Å²) in [5, 5.41) is 8.47. The summed E-state index contributed by atoms with van der Waals surface area (Å²) in [6.45, 7) is 2.51. The highest BCUT2D eigenvalue weighted by molar-refractivity contribution is 6.04. The first-order valence-corrected chi connectivity index (χ1v) is 7.14. The van der Waals surface area contributed by atoms with Crippen molar-refractivity contribution in [3.8, 4) is 5.69 Å². The van der Waals surface area contributed by atoms with E-state index in [4.69, 9.17) is 0 Å².